The van der Waals surface area contributed by atoms with E-state index in [1.165, 1.54) is 4.88 Å². The zero-order valence-electron chi connectivity index (χ0n) is 11.3. The van der Waals surface area contributed by atoms with Crippen LogP contribution in [0.4, 0.5) is 5.13 Å². The highest BCUT2D eigenvalue weighted by Crippen LogP contribution is 2.19. The van der Waals surface area contributed by atoms with Gasteiger partial charge >= 0.3 is 0 Å². The van der Waals surface area contributed by atoms with Crippen LogP contribution in [0, 0.1) is 0 Å². The van der Waals surface area contributed by atoms with Gasteiger partial charge in [-0.05, 0) is 13.5 Å². The Morgan fingerprint density at radius 2 is 2.39 bits per heavy atom. The predicted octanol–water partition coefficient (Wildman–Crippen LogP) is 1.40. The summed E-state index contributed by atoms with van der Waals surface area (Å²) >= 11 is 1.66. The number of thiazole rings is 1. The Balaban J connectivity index is 2.34. The molecule has 1 unspecified atom stereocenters. The van der Waals surface area contributed by atoms with Crippen molar-refractivity contribution >= 4 is 16.5 Å². The van der Waals surface area contributed by atoms with Gasteiger partial charge in [0.25, 0.3) is 0 Å². The second-order valence-corrected chi connectivity index (χ2v) is 5.48. The molecule has 104 valence electrons. The molecule has 1 aromatic heterocycles. The van der Waals surface area contributed by atoms with Crippen LogP contribution in [0.2, 0.25) is 0 Å². The van der Waals surface area contributed by atoms with Gasteiger partial charge in [-0.25, -0.2) is 4.98 Å². The Hall–Kier alpha value is -0.690. The van der Waals surface area contributed by atoms with Gasteiger partial charge in [-0.3, -0.25) is 4.90 Å². The van der Waals surface area contributed by atoms with Crippen LogP contribution in [0.1, 0.15) is 18.2 Å². The van der Waals surface area contributed by atoms with Gasteiger partial charge in [-0.1, -0.05) is 6.92 Å². The van der Waals surface area contributed by atoms with E-state index in [9.17, 15) is 5.11 Å². The number of hydrogen-bond donors (Lipinski definition) is 2. The number of aromatic nitrogens is 1. The first-order valence-electron chi connectivity index (χ1n) is 6.19. The molecule has 0 aliphatic heterocycles. The number of hydrogen-bond acceptors (Lipinski definition) is 6. The van der Waals surface area contributed by atoms with Crippen molar-refractivity contribution in [1.82, 2.24) is 9.88 Å². The molecule has 1 aromatic rings. The first-order valence-corrected chi connectivity index (χ1v) is 7.01. The summed E-state index contributed by atoms with van der Waals surface area (Å²) in [6.07, 6.45) is 2.55. The Morgan fingerprint density at radius 3 is 3.06 bits per heavy atom. The van der Waals surface area contributed by atoms with Crippen molar-refractivity contribution in [3.8, 4) is 0 Å². The number of rotatable bonds is 9. The van der Waals surface area contributed by atoms with Crippen molar-refractivity contribution in [3.63, 3.8) is 0 Å². The third kappa shape index (κ3) is 5.77. The lowest BCUT2D eigenvalue weighted by Crippen LogP contribution is -2.31. The highest BCUT2D eigenvalue weighted by atomic mass is 32.1. The topological polar surface area (TPSA) is 57.6 Å². The second kappa shape index (κ2) is 8.42. The number of anilines is 1. The summed E-state index contributed by atoms with van der Waals surface area (Å²) in [5, 5.41) is 13.9. The maximum Gasteiger partial charge on any atom is 0.182 e. The molecule has 1 atom stereocenters. The van der Waals surface area contributed by atoms with Gasteiger partial charge < -0.3 is 15.2 Å². The lowest BCUT2D eigenvalue weighted by atomic mass is 10.3. The quantitative estimate of drug-likeness (QED) is 0.712. The molecule has 2 N–H and O–H groups in total. The highest BCUT2D eigenvalue weighted by molar-refractivity contribution is 7.15. The molecule has 0 fully saturated rings. The molecule has 0 spiro atoms. The summed E-state index contributed by atoms with van der Waals surface area (Å²) in [6.45, 7) is 4.86. The van der Waals surface area contributed by atoms with Crippen LogP contribution in [-0.2, 0) is 11.3 Å². The minimum atomic E-state index is -0.439. The van der Waals surface area contributed by atoms with E-state index in [2.05, 4.69) is 22.1 Å². The van der Waals surface area contributed by atoms with Crippen molar-refractivity contribution in [3.05, 3.63) is 11.1 Å². The average molecular weight is 273 g/mol. The highest BCUT2D eigenvalue weighted by Gasteiger charge is 2.10. The molecule has 0 radical (unpaired) electrons. The summed E-state index contributed by atoms with van der Waals surface area (Å²) in [4.78, 5) is 7.58. The largest absolute Gasteiger partial charge is 0.389 e. The number of nitrogens with zero attached hydrogens (tertiary/aromatic N) is 2. The lowest BCUT2D eigenvalue weighted by Gasteiger charge is -2.18. The Labute approximate surface area is 113 Å². The van der Waals surface area contributed by atoms with E-state index in [0.717, 1.165) is 24.6 Å². The van der Waals surface area contributed by atoms with Crippen molar-refractivity contribution in [1.29, 1.82) is 0 Å². The standard InChI is InChI=1S/C12H23N3O2S/c1-4-5-13-12-14-6-11(18-12)8-15(2)7-10(16)9-17-3/h6,10,16H,4-5,7-9H2,1-3H3,(H,13,14). The molecule has 0 aliphatic rings. The molecular formula is C12H23N3O2S. The summed E-state index contributed by atoms with van der Waals surface area (Å²) in [5.74, 6) is 0. The summed E-state index contributed by atoms with van der Waals surface area (Å²) in [6, 6.07) is 0. The summed E-state index contributed by atoms with van der Waals surface area (Å²) in [7, 11) is 3.58. The Bertz CT molecular complexity index is 333. The smallest absolute Gasteiger partial charge is 0.182 e. The van der Waals surface area contributed by atoms with E-state index in [0.29, 0.717) is 13.2 Å². The van der Waals surface area contributed by atoms with Crippen LogP contribution in [0.3, 0.4) is 0 Å². The number of methoxy groups -OCH3 is 1. The van der Waals surface area contributed by atoms with Crippen molar-refractivity contribution in [2.45, 2.75) is 26.0 Å². The average Bonchev–Trinajstić information content (AvgIpc) is 2.74. The van der Waals surface area contributed by atoms with E-state index in [4.69, 9.17) is 4.74 Å². The number of ether oxygens (including phenoxy) is 1. The van der Waals surface area contributed by atoms with Crippen molar-refractivity contribution in [2.75, 3.05) is 39.2 Å². The van der Waals surface area contributed by atoms with Crippen LogP contribution in [0.5, 0.6) is 0 Å². The Kier molecular flexibility index (Phi) is 7.19. The van der Waals surface area contributed by atoms with Crippen LogP contribution >= 0.6 is 11.3 Å². The number of nitrogens with one attached hydrogen (secondary N) is 1. The van der Waals surface area contributed by atoms with Gasteiger partial charge in [0.1, 0.15) is 0 Å². The molecular weight excluding hydrogens is 250 g/mol. The Morgan fingerprint density at radius 1 is 1.61 bits per heavy atom. The summed E-state index contributed by atoms with van der Waals surface area (Å²) in [5.41, 5.74) is 0. The molecule has 0 aromatic carbocycles. The van der Waals surface area contributed by atoms with E-state index < -0.39 is 6.10 Å². The molecule has 18 heavy (non-hydrogen) atoms. The van der Waals surface area contributed by atoms with Crippen LogP contribution in [0.15, 0.2) is 6.20 Å². The SMILES string of the molecule is CCCNc1ncc(CN(C)CC(O)COC)s1. The zero-order valence-corrected chi connectivity index (χ0v) is 12.2. The van der Waals surface area contributed by atoms with Crippen LogP contribution in [-0.4, -0.2) is 54.9 Å². The molecule has 1 rings (SSSR count). The lowest BCUT2D eigenvalue weighted by molar-refractivity contribution is 0.0420. The van der Waals surface area contributed by atoms with E-state index in [-0.39, 0.29) is 0 Å². The third-order valence-electron chi connectivity index (χ3n) is 2.39. The number of likely N-dealkylation sites (N-methyl/N-ethyl adjacent to an activating group) is 1. The predicted molar refractivity (Wildman–Crippen MR) is 75.1 cm³/mol. The maximum absolute atomic E-state index is 9.63. The van der Waals surface area contributed by atoms with Crippen LogP contribution in [0.25, 0.3) is 0 Å². The van der Waals surface area contributed by atoms with Gasteiger partial charge in [0.15, 0.2) is 5.13 Å². The number of aliphatic hydroxyl groups excluding tert-OH is 1. The molecule has 1 heterocycles. The molecule has 0 amide bonds. The fourth-order valence-corrected chi connectivity index (χ4v) is 2.55. The fraction of sp³-hybridized carbons (Fsp3) is 0.750. The van der Waals surface area contributed by atoms with Gasteiger partial charge in [0, 0.05) is 37.8 Å². The van der Waals surface area contributed by atoms with Crippen LogP contribution < -0.4 is 5.32 Å². The van der Waals surface area contributed by atoms with Gasteiger partial charge in [0.2, 0.25) is 0 Å². The normalized spacial score (nSPS) is 12.9. The van der Waals surface area contributed by atoms with E-state index >= 15 is 0 Å². The molecule has 6 heteroatoms. The fourth-order valence-electron chi connectivity index (χ4n) is 1.63. The molecule has 0 bridgehead atoms. The minimum Gasteiger partial charge on any atom is -0.389 e. The molecule has 0 saturated carbocycles. The minimum absolute atomic E-state index is 0.371. The monoisotopic (exact) mass is 273 g/mol. The molecule has 5 nitrogen and oxygen atoms in total. The summed E-state index contributed by atoms with van der Waals surface area (Å²) < 4.78 is 4.91. The van der Waals surface area contributed by atoms with E-state index in [1.807, 2.05) is 13.2 Å². The van der Waals surface area contributed by atoms with Crippen molar-refractivity contribution in [2.24, 2.45) is 0 Å². The first kappa shape index (κ1) is 15.4. The van der Waals surface area contributed by atoms with Crippen molar-refractivity contribution < 1.29 is 9.84 Å². The first-order chi connectivity index (χ1) is 8.65. The number of aliphatic hydroxyl groups is 1. The third-order valence-corrected chi connectivity index (χ3v) is 3.33. The van der Waals surface area contributed by atoms with E-state index in [1.54, 1.807) is 18.4 Å². The zero-order chi connectivity index (χ0) is 13.4. The maximum atomic E-state index is 9.63. The van der Waals surface area contributed by atoms with Gasteiger partial charge in [0.05, 0.1) is 12.7 Å². The van der Waals surface area contributed by atoms with Gasteiger partial charge in [-0.2, -0.15) is 0 Å². The molecule has 0 aliphatic carbocycles. The molecule has 0 saturated heterocycles. The van der Waals surface area contributed by atoms with Gasteiger partial charge in [-0.15, -0.1) is 11.3 Å². The second-order valence-electron chi connectivity index (χ2n) is 4.36.